The van der Waals surface area contributed by atoms with Gasteiger partial charge >= 0.3 is 5.97 Å². The highest BCUT2D eigenvalue weighted by Crippen LogP contribution is 2.32. The number of rotatable bonds is 5. The molecule has 0 unspecified atom stereocenters. The molecule has 0 saturated heterocycles. The Balaban J connectivity index is 1.33. The van der Waals surface area contributed by atoms with Crippen LogP contribution in [0.5, 0.6) is 11.5 Å². The average molecular weight is 341 g/mol. The molecular formula is C19H16FNO4. The Morgan fingerprint density at radius 1 is 1.16 bits per heavy atom. The van der Waals surface area contributed by atoms with E-state index in [4.69, 9.17) is 14.2 Å². The van der Waals surface area contributed by atoms with E-state index in [9.17, 15) is 9.18 Å². The number of ether oxygens (including phenoxy) is 3. The van der Waals surface area contributed by atoms with Crippen LogP contribution in [0.25, 0.3) is 10.9 Å². The summed E-state index contributed by atoms with van der Waals surface area (Å²) in [6.07, 6.45) is 3.21. The number of nitrogens with one attached hydrogen (secondary N) is 1. The summed E-state index contributed by atoms with van der Waals surface area (Å²) in [7, 11) is 0. The van der Waals surface area contributed by atoms with Gasteiger partial charge in [0.05, 0.1) is 12.2 Å². The Morgan fingerprint density at radius 2 is 2.04 bits per heavy atom. The number of carbonyl (C=O) groups is 1. The van der Waals surface area contributed by atoms with Crippen LogP contribution in [-0.4, -0.2) is 24.4 Å². The molecule has 25 heavy (non-hydrogen) atoms. The molecule has 3 aromatic rings. The Kier molecular flexibility index (Phi) is 4.01. The summed E-state index contributed by atoms with van der Waals surface area (Å²) in [4.78, 5) is 15.2. The predicted octanol–water partition coefficient (Wildman–Crippen LogP) is 3.83. The highest BCUT2D eigenvalue weighted by Gasteiger charge is 2.17. The Hall–Kier alpha value is -3.02. The first kappa shape index (κ1) is 15.5. The van der Waals surface area contributed by atoms with Crippen LogP contribution in [0.15, 0.2) is 42.6 Å². The van der Waals surface area contributed by atoms with Crippen molar-refractivity contribution in [2.75, 3.05) is 13.4 Å². The number of esters is 1. The van der Waals surface area contributed by atoms with Crippen LogP contribution in [0.2, 0.25) is 0 Å². The first-order valence-corrected chi connectivity index (χ1v) is 8.03. The van der Waals surface area contributed by atoms with Crippen molar-refractivity contribution in [1.82, 2.24) is 4.98 Å². The lowest BCUT2D eigenvalue weighted by atomic mass is 10.1. The largest absolute Gasteiger partial charge is 0.462 e. The molecule has 0 fully saturated rings. The van der Waals surface area contributed by atoms with E-state index in [1.807, 2.05) is 6.20 Å². The summed E-state index contributed by atoms with van der Waals surface area (Å²) in [5, 5.41) is 0.863. The van der Waals surface area contributed by atoms with Crippen LogP contribution >= 0.6 is 0 Å². The third-order valence-electron chi connectivity index (χ3n) is 4.16. The second-order valence-electron chi connectivity index (χ2n) is 5.81. The van der Waals surface area contributed by atoms with E-state index in [2.05, 4.69) is 4.98 Å². The number of fused-ring (bicyclic) bond motifs is 2. The highest BCUT2D eigenvalue weighted by molar-refractivity contribution is 5.90. The maximum atomic E-state index is 13.4. The SMILES string of the molecule is O=C(OCCCc1c[nH]c2ccc(F)cc12)c1ccc2c(c1)OCO2. The summed E-state index contributed by atoms with van der Waals surface area (Å²) in [5.41, 5.74) is 2.33. The quantitative estimate of drug-likeness (QED) is 0.566. The van der Waals surface area contributed by atoms with Crippen LogP contribution in [0.1, 0.15) is 22.3 Å². The van der Waals surface area contributed by atoms with Crippen molar-refractivity contribution in [1.29, 1.82) is 0 Å². The maximum Gasteiger partial charge on any atom is 0.338 e. The van der Waals surface area contributed by atoms with Gasteiger partial charge in [-0.2, -0.15) is 0 Å². The van der Waals surface area contributed by atoms with E-state index in [0.29, 0.717) is 29.9 Å². The van der Waals surface area contributed by atoms with E-state index in [0.717, 1.165) is 16.5 Å². The van der Waals surface area contributed by atoms with Crippen molar-refractivity contribution in [2.45, 2.75) is 12.8 Å². The zero-order chi connectivity index (χ0) is 17.2. The maximum absolute atomic E-state index is 13.4. The van der Waals surface area contributed by atoms with Gasteiger partial charge in [-0.25, -0.2) is 9.18 Å². The minimum Gasteiger partial charge on any atom is -0.462 e. The van der Waals surface area contributed by atoms with Crippen molar-refractivity contribution in [2.24, 2.45) is 0 Å². The molecule has 5 nitrogen and oxygen atoms in total. The second kappa shape index (κ2) is 6.47. The molecule has 0 aliphatic carbocycles. The normalized spacial score (nSPS) is 12.5. The summed E-state index contributed by atoms with van der Waals surface area (Å²) < 4.78 is 29.1. The number of aryl methyl sites for hydroxylation is 1. The number of carbonyl (C=O) groups excluding carboxylic acids is 1. The smallest absolute Gasteiger partial charge is 0.338 e. The van der Waals surface area contributed by atoms with Gasteiger partial charge < -0.3 is 19.2 Å². The lowest BCUT2D eigenvalue weighted by molar-refractivity contribution is 0.0500. The van der Waals surface area contributed by atoms with Gasteiger partial charge in [-0.05, 0) is 54.8 Å². The van der Waals surface area contributed by atoms with Gasteiger partial charge in [0.15, 0.2) is 11.5 Å². The highest BCUT2D eigenvalue weighted by atomic mass is 19.1. The van der Waals surface area contributed by atoms with Gasteiger partial charge in [0.1, 0.15) is 5.82 Å². The summed E-state index contributed by atoms with van der Waals surface area (Å²) in [6.45, 7) is 0.453. The van der Waals surface area contributed by atoms with E-state index in [1.54, 1.807) is 24.3 Å². The Morgan fingerprint density at radius 3 is 2.96 bits per heavy atom. The number of H-pyrrole nitrogens is 1. The van der Waals surface area contributed by atoms with Gasteiger partial charge in [-0.15, -0.1) is 0 Å². The molecular weight excluding hydrogens is 325 g/mol. The number of hydrogen-bond donors (Lipinski definition) is 1. The standard InChI is InChI=1S/C19H16FNO4/c20-14-4-5-16-15(9-14)13(10-21-16)2-1-7-23-19(22)12-3-6-17-18(8-12)25-11-24-17/h3-6,8-10,21H,1-2,7,11H2. The van der Waals surface area contributed by atoms with E-state index >= 15 is 0 Å². The summed E-state index contributed by atoms with van der Waals surface area (Å²) in [5.74, 6) is 0.518. The molecule has 0 radical (unpaired) electrons. The van der Waals surface area contributed by atoms with Crippen LogP contribution in [0, 0.1) is 5.82 Å². The van der Waals surface area contributed by atoms with Crippen LogP contribution in [-0.2, 0) is 11.2 Å². The first-order chi connectivity index (χ1) is 12.2. The molecule has 2 heterocycles. The molecule has 0 saturated carbocycles. The minimum atomic E-state index is -0.400. The van der Waals surface area contributed by atoms with E-state index in [-0.39, 0.29) is 19.2 Å². The zero-order valence-corrected chi connectivity index (χ0v) is 13.4. The molecule has 1 N–H and O–H groups in total. The van der Waals surface area contributed by atoms with Gasteiger partial charge in [-0.3, -0.25) is 0 Å². The molecule has 0 atom stereocenters. The zero-order valence-electron chi connectivity index (χ0n) is 13.4. The van der Waals surface area contributed by atoms with Gasteiger partial charge in [0.2, 0.25) is 6.79 Å². The van der Waals surface area contributed by atoms with Crippen LogP contribution in [0.4, 0.5) is 4.39 Å². The van der Waals surface area contributed by atoms with Crippen LogP contribution < -0.4 is 9.47 Å². The number of aromatic amines is 1. The molecule has 0 spiro atoms. The van der Waals surface area contributed by atoms with Crippen molar-refractivity contribution < 1.29 is 23.4 Å². The van der Waals surface area contributed by atoms with E-state index < -0.39 is 5.97 Å². The van der Waals surface area contributed by atoms with Crippen molar-refractivity contribution in [3.63, 3.8) is 0 Å². The second-order valence-corrected chi connectivity index (χ2v) is 5.81. The van der Waals surface area contributed by atoms with E-state index in [1.165, 1.54) is 12.1 Å². The predicted molar refractivity (Wildman–Crippen MR) is 89.4 cm³/mol. The molecule has 4 rings (SSSR count). The fraction of sp³-hybridized carbons (Fsp3) is 0.211. The first-order valence-electron chi connectivity index (χ1n) is 8.03. The molecule has 2 aromatic carbocycles. The Bertz CT molecular complexity index is 934. The van der Waals surface area contributed by atoms with Crippen LogP contribution in [0.3, 0.4) is 0 Å². The molecule has 0 bridgehead atoms. The van der Waals surface area contributed by atoms with Gasteiger partial charge in [-0.1, -0.05) is 0 Å². The lowest BCUT2D eigenvalue weighted by Crippen LogP contribution is -2.07. The molecule has 1 aliphatic heterocycles. The van der Waals surface area contributed by atoms with Gasteiger partial charge in [0, 0.05) is 17.1 Å². The monoisotopic (exact) mass is 341 g/mol. The molecule has 0 amide bonds. The van der Waals surface area contributed by atoms with Gasteiger partial charge in [0.25, 0.3) is 0 Å². The number of hydrogen-bond acceptors (Lipinski definition) is 4. The summed E-state index contributed by atoms with van der Waals surface area (Å²) in [6, 6.07) is 9.62. The lowest BCUT2D eigenvalue weighted by Gasteiger charge is -2.05. The third-order valence-corrected chi connectivity index (χ3v) is 4.16. The molecule has 1 aliphatic rings. The number of aromatic nitrogens is 1. The van der Waals surface area contributed by atoms with Crippen molar-refractivity contribution in [3.05, 3.63) is 59.5 Å². The fourth-order valence-electron chi connectivity index (χ4n) is 2.89. The van der Waals surface area contributed by atoms with Crippen molar-refractivity contribution in [3.8, 4) is 11.5 Å². The molecule has 1 aromatic heterocycles. The average Bonchev–Trinajstić information content (AvgIpc) is 3.24. The third kappa shape index (κ3) is 3.15. The topological polar surface area (TPSA) is 60.6 Å². The number of halogens is 1. The number of benzene rings is 2. The summed E-state index contributed by atoms with van der Waals surface area (Å²) >= 11 is 0. The minimum absolute atomic E-state index is 0.166. The molecule has 6 heteroatoms. The van der Waals surface area contributed by atoms with Crippen molar-refractivity contribution >= 4 is 16.9 Å². The molecule has 128 valence electrons. The Labute approximate surface area is 143 Å². The fourth-order valence-corrected chi connectivity index (χ4v) is 2.89.